The topological polar surface area (TPSA) is 59.1 Å². The van der Waals surface area contributed by atoms with Gasteiger partial charge in [0.25, 0.3) is 10.0 Å². The molecule has 3 aromatic rings. The van der Waals surface area contributed by atoms with Crippen LogP contribution in [0.2, 0.25) is 5.02 Å². The summed E-state index contributed by atoms with van der Waals surface area (Å²) in [6.45, 7) is 1.68. The lowest BCUT2D eigenvalue weighted by molar-refractivity contribution is 0.600. The quantitative estimate of drug-likeness (QED) is 0.765. The Morgan fingerprint density at radius 3 is 2.77 bits per heavy atom. The summed E-state index contributed by atoms with van der Waals surface area (Å²) in [7, 11) is -3.80. The van der Waals surface area contributed by atoms with Crippen LogP contribution in [0.25, 0.3) is 10.2 Å². The van der Waals surface area contributed by atoms with Crippen molar-refractivity contribution < 1.29 is 12.8 Å². The van der Waals surface area contributed by atoms with Crippen LogP contribution in [-0.4, -0.2) is 13.4 Å². The molecule has 2 aromatic carbocycles. The number of halogens is 2. The van der Waals surface area contributed by atoms with E-state index < -0.39 is 15.8 Å². The number of sulfonamides is 1. The number of hydrogen-bond acceptors (Lipinski definition) is 4. The number of thiazole rings is 1. The monoisotopic (exact) mass is 356 g/mol. The van der Waals surface area contributed by atoms with Gasteiger partial charge in [0.1, 0.15) is 5.82 Å². The van der Waals surface area contributed by atoms with Gasteiger partial charge in [0, 0.05) is 5.02 Å². The van der Waals surface area contributed by atoms with Crippen molar-refractivity contribution in [3.8, 4) is 0 Å². The number of fused-ring (bicyclic) bond motifs is 1. The minimum Gasteiger partial charge on any atom is -0.255 e. The molecule has 22 heavy (non-hydrogen) atoms. The number of nitrogens with one attached hydrogen (secondary N) is 1. The number of aryl methyl sites for hydroxylation is 1. The third kappa shape index (κ3) is 2.92. The Bertz CT molecular complexity index is 970. The van der Waals surface area contributed by atoms with Crippen LogP contribution in [0.1, 0.15) is 5.56 Å². The largest absolute Gasteiger partial charge is 0.263 e. The minimum absolute atomic E-state index is 0.0884. The second-order valence-corrected chi connectivity index (χ2v) is 7.76. The number of anilines is 1. The lowest BCUT2D eigenvalue weighted by atomic mass is 10.2. The first-order chi connectivity index (χ1) is 10.3. The zero-order valence-corrected chi connectivity index (χ0v) is 13.7. The van der Waals surface area contributed by atoms with Gasteiger partial charge < -0.3 is 0 Å². The van der Waals surface area contributed by atoms with Crippen molar-refractivity contribution in [2.45, 2.75) is 11.8 Å². The van der Waals surface area contributed by atoms with Gasteiger partial charge in [-0.25, -0.2) is 17.8 Å². The maximum Gasteiger partial charge on any atom is 0.263 e. The molecule has 0 radical (unpaired) electrons. The summed E-state index contributed by atoms with van der Waals surface area (Å²) < 4.78 is 41.0. The van der Waals surface area contributed by atoms with Gasteiger partial charge in [-0.15, -0.1) is 0 Å². The van der Waals surface area contributed by atoms with Gasteiger partial charge >= 0.3 is 0 Å². The fourth-order valence-electron chi connectivity index (χ4n) is 1.98. The second kappa shape index (κ2) is 5.49. The molecule has 4 nitrogen and oxygen atoms in total. The van der Waals surface area contributed by atoms with E-state index in [0.29, 0.717) is 20.8 Å². The lowest BCUT2D eigenvalue weighted by Crippen LogP contribution is -2.14. The van der Waals surface area contributed by atoms with Crippen LogP contribution >= 0.6 is 22.9 Å². The molecule has 8 heteroatoms. The Hall–Kier alpha value is -1.70. The summed E-state index contributed by atoms with van der Waals surface area (Å²) in [5.74, 6) is -0.392. The molecule has 0 aliphatic rings. The molecule has 0 saturated heterocycles. The van der Waals surface area contributed by atoms with E-state index in [4.69, 9.17) is 11.6 Å². The van der Waals surface area contributed by atoms with Gasteiger partial charge in [-0.2, -0.15) is 0 Å². The van der Waals surface area contributed by atoms with Crippen molar-refractivity contribution in [3.05, 3.63) is 52.8 Å². The molecule has 3 rings (SSSR count). The normalized spacial score (nSPS) is 11.8. The van der Waals surface area contributed by atoms with E-state index in [1.54, 1.807) is 19.1 Å². The molecule has 1 heterocycles. The molecule has 1 N–H and O–H groups in total. The molecule has 0 saturated carbocycles. The predicted molar refractivity (Wildman–Crippen MR) is 86.6 cm³/mol. The summed E-state index contributed by atoms with van der Waals surface area (Å²) in [4.78, 5) is 4.23. The number of nitrogens with zero attached hydrogens (tertiary/aromatic N) is 1. The first-order valence-electron chi connectivity index (χ1n) is 6.20. The Labute approximate surface area is 135 Å². The van der Waals surface area contributed by atoms with Crippen LogP contribution in [0, 0.1) is 12.7 Å². The van der Waals surface area contributed by atoms with Crippen LogP contribution in [0.3, 0.4) is 0 Å². The summed E-state index contributed by atoms with van der Waals surface area (Å²) in [5.41, 5.74) is 1.11. The molecule has 0 amide bonds. The Balaban J connectivity index is 2.00. The third-order valence-corrected chi connectivity index (χ3v) is 5.79. The smallest absolute Gasteiger partial charge is 0.255 e. The average molecular weight is 357 g/mol. The molecular weight excluding hydrogens is 347 g/mol. The van der Waals surface area contributed by atoms with Crippen LogP contribution in [0.5, 0.6) is 0 Å². The van der Waals surface area contributed by atoms with Crippen molar-refractivity contribution in [1.29, 1.82) is 0 Å². The Morgan fingerprint density at radius 2 is 2.00 bits per heavy atom. The molecule has 0 spiro atoms. The van der Waals surface area contributed by atoms with Gasteiger partial charge in [0.2, 0.25) is 0 Å². The maximum absolute atomic E-state index is 13.2. The van der Waals surface area contributed by atoms with Crippen molar-refractivity contribution in [1.82, 2.24) is 4.98 Å². The number of aromatic nitrogens is 1. The highest BCUT2D eigenvalue weighted by molar-refractivity contribution is 7.93. The fourth-order valence-corrected chi connectivity index (χ4v) is 4.61. The Morgan fingerprint density at radius 1 is 1.23 bits per heavy atom. The van der Waals surface area contributed by atoms with Crippen molar-refractivity contribution in [2.24, 2.45) is 0 Å². The van der Waals surface area contributed by atoms with E-state index in [-0.39, 0.29) is 10.0 Å². The zero-order chi connectivity index (χ0) is 15.9. The zero-order valence-electron chi connectivity index (χ0n) is 11.3. The van der Waals surface area contributed by atoms with Crippen LogP contribution in [-0.2, 0) is 10.0 Å². The van der Waals surface area contributed by atoms with Gasteiger partial charge in [-0.05, 0) is 42.8 Å². The number of benzene rings is 2. The molecule has 0 fully saturated rings. The van der Waals surface area contributed by atoms with E-state index in [1.165, 1.54) is 24.3 Å². The number of rotatable bonds is 3. The molecule has 0 unspecified atom stereocenters. The Kier molecular flexibility index (Phi) is 3.80. The highest BCUT2D eigenvalue weighted by Gasteiger charge is 2.19. The van der Waals surface area contributed by atoms with E-state index in [1.807, 2.05) is 0 Å². The summed E-state index contributed by atoms with van der Waals surface area (Å²) in [6.07, 6.45) is 0. The molecule has 0 aliphatic heterocycles. The van der Waals surface area contributed by atoms with Crippen LogP contribution < -0.4 is 4.72 Å². The van der Waals surface area contributed by atoms with Gasteiger partial charge in [-0.3, -0.25) is 4.72 Å². The maximum atomic E-state index is 13.2. The SMILES string of the molecule is Cc1ccc(Cl)cc1S(=O)(=O)Nc1nc2ccc(F)cc2s1. The van der Waals surface area contributed by atoms with Crippen molar-refractivity contribution in [3.63, 3.8) is 0 Å². The summed E-state index contributed by atoms with van der Waals surface area (Å²) in [5, 5.41) is 0.511. The highest BCUT2D eigenvalue weighted by atomic mass is 35.5. The molecule has 114 valence electrons. The second-order valence-electron chi connectivity index (χ2n) is 4.65. The van der Waals surface area contributed by atoms with Crippen molar-refractivity contribution in [2.75, 3.05) is 4.72 Å². The molecule has 0 atom stereocenters. The minimum atomic E-state index is -3.80. The van der Waals surface area contributed by atoms with E-state index in [0.717, 1.165) is 11.3 Å². The van der Waals surface area contributed by atoms with Gasteiger partial charge in [0.05, 0.1) is 15.1 Å². The third-order valence-electron chi connectivity index (χ3n) is 3.01. The van der Waals surface area contributed by atoms with Crippen LogP contribution in [0.4, 0.5) is 9.52 Å². The molecule has 0 aliphatic carbocycles. The highest BCUT2D eigenvalue weighted by Crippen LogP contribution is 2.29. The number of hydrogen-bond donors (Lipinski definition) is 1. The van der Waals surface area contributed by atoms with Gasteiger partial charge in [0.15, 0.2) is 5.13 Å². The first kappa shape index (κ1) is 15.2. The fraction of sp³-hybridized carbons (Fsp3) is 0.0714. The van der Waals surface area contributed by atoms with Gasteiger partial charge in [-0.1, -0.05) is 29.0 Å². The predicted octanol–water partition coefficient (Wildman–Crippen LogP) is 4.20. The van der Waals surface area contributed by atoms with E-state index >= 15 is 0 Å². The van der Waals surface area contributed by atoms with E-state index in [2.05, 4.69) is 9.71 Å². The first-order valence-corrected chi connectivity index (χ1v) is 8.88. The molecule has 1 aromatic heterocycles. The lowest BCUT2D eigenvalue weighted by Gasteiger charge is -2.08. The summed E-state index contributed by atoms with van der Waals surface area (Å²) >= 11 is 6.93. The summed E-state index contributed by atoms with van der Waals surface area (Å²) in [6, 6.07) is 8.73. The molecular formula is C14H10ClFN2O2S2. The van der Waals surface area contributed by atoms with Crippen LogP contribution in [0.15, 0.2) is 41.3 Å². The standard InChI is InChI=1S/C14H10ClFN2O2S2/c1-8-2-3-9(15)6-13(8)22(19,20)18-14-17-11-5-4-10(16)7-12(11)21-14/h2-7H,1H3,(H,17,18). The average Bonchev–Trinajstić information content (AvgIpc) is 2.81. The van der Waals surface area contributed by atoms with Crippen molar-refractivity contribution >= 4 is 48.3 Å². The van der Waals surface area contributed by atoms with E-state index in [9.17, 15) is 12.8 Å². The molecule has 0 bridgehead atoms.